The maximum absolute atomic E-state index is 12.6. The minimum Gasteiger partial charge on any atom is -0.461 e. The number of ketones is 1. The van der Waals surface area contributed by atoms with Crippen molar-refractivity contribution in [3.63, 3.8) is 0 Å². The van der Waals surface area contributed by atoms with E-state index in [0.29, 0.717) is 11.7 Å². The third-order valence-corrected chi connectivity index (χ3v) is 3.09. The monoisotopic (exact) mass is 280 g/mol. The van der Waals surface area contributed by atoms with Crippen LogP contribution in [0.1, 0.15) is 11.8 Å². The molecule has 1 saturated carbocycles. The highest BCUT2D eigenvalue weighted by Crippen LogP contribution is 2.29. The summed E-state index contributed by atoms with van der Waals surface area (Å²) in [7, 11) is 0. The van der Waals surface area contributed by atoms with Crippen LogP contribution in [0, 0.1) is 38.5 Å². The molecular weight excluding hydrogens is 266 g/mol. The summed E-state index contributed by atoms with van der Waals surface area (Å²) >= 11 is 0. The number of Topliss-reactive ketones (excluding diaryl/α,β-unsaturated/α-hetero) is 1. The topological polar surface area (TPSA) is 57.0 Å². The predicted octanol–water partition coefficient (Wildman–Crippen LogP) is 2.14. The van der Waals surface area contributed by atoms with Gasteiger partial charge in [0.05, 0.1) is 5.92 Å². The molecule has 21 heavy (non-hydrogen) atoms. The summed E-state index contributed by atoms with van der Waals surface area (Å²) in [6.07, 6.45) is 9.14. The molecule has 0 bridgehead atoms. The van der Waals surface area contributed by atoms with Gasteiger partial charge in [-0.2, -0.15) is 5.10 Å². The summed E-state index contributed by atoms with van der Waals surface area (Å²) in [5, 5.41) is 4.03. The zero-order valence-corrected chi connectivity index (χ0v) is 11.5. The Labute approximate surface area is 124 Å². The Morgan fingerprint density at radius 3 is 2.76 bits per heavy atom. The lowest BCUT2D eigenvalue weighted by Gasteiger charge is -2.20. The second-order valence-electron chi connectivity index (χ2n) is 4.70. The standard InChI is InChI=1S/C16H14N3O2/c1-12-5-4-8-14(9-12)21-16(19-11-17-10-18-19)15(20)13-6-2-3-7-13/h2-11,16H,1H3. The highest BCUT2D eigenvalue weighted by Gasteiger charge is 2.33. The Kier molecular flexibility index (Phi) is 3.99. The summed E-state index contributed by atoms with van der Waals surface area (Å²) in [5.41, 5.74) is 1.06. The number of benzene rings is 1. The van der Waals surface area contributed by atoms with Crippen LogP contribution in [0.2, 0.25) is 0 Å². The van der Waals surface area contributed by atoms with Crippen LogP contribution in [0.3, 0.4) is 0 Å². The first-order chi connectivity index (χ1) is 10.2. The summed E-state index contributed by atoms with van der Waals surface area (Å²) in [6, 6.07) is 7.55. The number of nitrogens with zero attached hydrogens (tertiary/aromatic N) is 3. The zero-order valence-electron chi connectivity index (χ0n) is 11.5. The van der Waals surface area contributed by atoms with Crippen LogP contribution in [0.4, 0.5) is 0 Å². The van der Waals surface area contributed by atoms with E-state index in [1.54, 1.807) is 12.8 Å². The van der Waals surface area contributed by atoms with E-state index < -0.39 is 6.23 Å². The van der Waals surface area contributed by atoms with Crippen molar-refractivity contribution in [1.29, 1.82) is 0 Å². The molecule has 0 saturated heterocycles. The van der Waals surface area contributed by atoms with Gasteiger partial charge in [0.1, 0.15) is 18.4 Å². The number of aromatic nitrogens is 3. The summed E-state index contributed by atoms with van der Waals surface area (Å²) in [6.45, 7) is 1.97. The van der Waals surface area contributed by atoms with Crippen molar-refractivity contribution in [2.75, 3.05) is 0 Å². The molecule has 0 aliphatic heterocycles. The molecule has 5 nitrogen and oxygen atoms in total. The van der Waals surface area contributed by atoms with Gasteiger partial charge in [0.2, 0.25) is 5.78 Å². The average Bonchev–Trinajstić information content (AvgIpc) is 3.17. The third-order valence-electron chi connectivity index (χ3n) is 3.09. The molecule has 0 N–H and O–H groups in total. The van der Waals surface area contributed by atoms with E-state index in [1.165, 1.54) is 17.3 Å². The van der Waals surface area contributed by atoms with Crippen LogP contribution in [0.5, 0.6) is 5.75 Å². The molecule has 5 radical (unpaired) electrons. The normalized spacial score (nSPS) is 16.8. The van der Waals surface area contributed by atoms with E-state index in [1.807, 2.05) is 44.0 Å². The number of carbonyl (C=O) groups is 1. The van der Waals surface area contributed by atoms with Crippen LogP contribution in [0.15, 0.2) is 36.9 Å². The first kappa shape index (κ1) is 13.8. The van der Waals surface area contributed by atoms with Crippen molar-refractivity contribution >= 4 is 5.78 Å². The van der Waals surface area contributed by atoms with Gasteiger partial charge in [-0.15, -0.1) is 0 Å². The lowest BCUT2D eigenvalue weighted by atomic mass is 10.0. The zero-order chi connectivity index (χ0) is 14.7. The first-order valence-electron chi connectivity index (χ1n) is 6.57. The molecule has 3 rings (SSSR count). The minimum atomic E-state index is -0.864. The molecule has 1 aromatic heterocycles. The second-order valence-corrected chi connectivity index (χ2v) is 4.70. The fourth-order valence-electron chi connectivity index (χ4n) is 2.06. The molecule has 2 aromatic rings. The van der Waals surface area contributed by atoms with Crippen LogP contribution < -0.4 is 4.74 Å². The number of carbonyl (C=O) groups excluding carboxylic acids is 1. The third kappa shape index (κ3) is 3.12. The summed E-state index contributed by atoms with van der Waals surface area (Å²) in [5.74, 6) is 1.05. The molecule has 1 aromatic carbocycles. The molecule has 1 aliphatic carbocycles. The Balaban J connectivity index is 1.84. The van der Waals surface area contributed by atoms with Gasteiger partial charge in [-0.1, -0.05) is 12.1 Å². The van der Waals surface area contributed by atoms with Crippen LogP contribution in [0.25, 0.3) is 0 Å². The molecule has 0 amide bonds. The molecule has 1 aliphatic rings. The summed E-state index contributed by atoms with van der Waals surface area (Å²) < 4.78 is 7.25. The highest BCUT2D eigenvalue weighted by atomic mass is 16.5. The molecule has 1 fully saturated rings. The van der Waals surface area contributed by atoms with E-state index in [2.05, 4.69) is 10.1 Å². The molecular formula is C16H14N3O2. The van der Waals surface area contributed by atoms with Gasteiger partial charge >= 0.3 is 0 Å². The van der Waals surface area contributed by atoms with E-state index in [0.717, 1.165) is 5.56 Å². The fourth-order valence-corrected chi connectivity index (χ4v) is 2.06. The molecule has 5 heteroatoms. The number of rotatable bonds is 5. The smallest absolute Gasteiger partial charge is 0.252 e. The van der Waals surface area contributed by atoms with Gasteiger partial charge in [-0.05, 0) is 50.3 Å². The van der Waals surface area contributed by atoms with Crippen molar-refractivity contribution in [2.45, 2.75) is 13.2 Å². The number of hydrogen-bond donors (Lipinski definition) is 0. The second kappa shape index (κ2) is 6.08. The molecule has 105 valence electrons. The van der Waals surface area contributed by atoms with Crippen molar-refractivity contribution in [3.05, 3.63) is 74.1 Å². The lowest BCUT2D eigenvalue weighted by Crippen LogP contribution is -2.29. The minimum absolute atomic E-state index is 0.160. The van der Waals surface area contributed by atoms with Crippen molar-refractivity contribution < 1.29 is 9.53 Å². The van der Waals surface area contributed by atoms with Crippen LogP contribution >= 0.6 is 0 Å². The number of ether oxygens (including phenoxy) is 1. The van der Waals surface area contributed by atoms with E-state index in [4.69, 9.17) is 4.74 Å². The van der Waals surface area contributed by atoms with Gasteiger partial charge in [-0.25, -0.2) is 9.67 Å². The van der Waals surface area contributed by atoms with Crippen molar-refractivity contribution in [2.24, 2.45) is 0 Å². The molecule has 0 spiro atoms. The van der Waals surface area contributed by atoms with Gasteiger partial charge in [-0.3, -0.25) is 4.79 Å². The van der Waals surface area contributed by atoms with Crippen molar-refractivity contribution in [3.8, 4) is 5.75 Å². The Hall–Kier alpha value is -2.17. The Morgan fingerprint density at radius 2 is 2.10 bits per heavy atom. The molecule has 1 unspecified atom stereocenters. The van der Waals surface area contributed by atoms with Gasteiger partial charge < -0.3 is 4.74 Å². The van der Waals surface area contributed by atoms with Crippen molar-refractivity contribution in [1.82, 2.24) is 14.8 Å². The van der Waals surface area contributed by atoms with Gasteiger partial charge in [0.25, 0.3) is 6.23 Å². The first-order valence-corrected chi connectivity index (χ1v) is 6.57. The maximum atomic E-state index is 12.6. The fraction of sp³-hybridized carbons (Fsp3) is 0.125. The van der Waals surface area contributed by atoms with Crippen LogP contribution in [-0.4, -0.2) is 20.5 Å². The molecule has 1 heterocycles. The summed E-state index contributed by atoms with van der Waals surface area (Å²) in [4.78, 5) is 16.5. The highest BCUT2D eigenvalue weighted by molar-refractivity contribution is 5.99. The average molecular weight is 280 g/mol. The SMILES string of the molecule is Cc1cccc(OC(C(=O)[C]2[CH][CH][CH][CH]2)n2cncn2)c1. The van der Waals surface area contributed by atoms with E-state index in [-0.39, 0.29) is 5.78 Å². The van der Waals surface area contributed by atoms with Gasteiger partial charge in [0, 0.05) is 0 Å². The van der Waals surface area contributed by atoms with Crippen LogP contribution in [-0.2, 0) is 4.79 Å². The largest absolute Gasteiger partial charge is 0.461 e. The van der Waals surface area contributed by atoms with E-state index in [9.17, 15) is 4.79 Å². The Morgan fingerprint density at radius 1 is 1.29 bits per heavy atom. The van der Waals surface area contributed by atoms with E-state index >= 15 is 0 Å². The Bertz CT molecular complexity index is 604. The maximum Gasteiger partial charge on any atom is 0.252 e. The number of aryl methyl sites for hydroxylation is 1. The number of hydrogen-bond acceptors (Lipinski definition) is 4. The molecule has 1 atom stereocenters. The quantitative estimate of drug-likeness (QED) is 0.842. The predicted molar refractivity (Wildman–Crippen MR) is 76.3 cm³/mol. The van der Waals surface area contributed by atoms with Gasteiger partial charge in [0.15, 0.2) is 0 Å². The lowest BCUT2D eigenvalue weighted by molar-refractivity contribution is -0.127.